The van der Waals surface area contributed by atoms with Gasteiger partial charge in [-0.25, -0.2) is 4.79 Å². The van der Waals surface area contributed by atoms with Crippen molar-refractivity contribution < 1.29 is 4.79 Å². The van der Waals surface area contributed by atoms with Crippen molar-refractivity contribution in [3.8, 4) is 0 Å². The maximum Gasteiger partial charge on any atom is 0.319 e. The molecule has 94 valence electrons. The van der Waals surface area contributed by atoms with Crippen LogP contribution in [0, 0.1) is 0 Å². The second kappa shape index (κ2) is 6.94. The van der Waals surface area contributed by atoms with Crippen molar-refractivity contribution in [1.82, 2.24) is 5.32 Å². The van der Waals surface area contributed by atoms with Crippen molar-refractivity contribution in [1.29, 1.82) is 0 Å². The molecule has 0 saturated heterocycles. The number of hydrogen-bond acceptors (Lipinski definition) is 1. The summed E-state index contributed by atoms with van der Waals surface area (Å²) in [6.45, 7) is 2.68. The van der Waals surface area contributed by atoms with Crippen LogP contribution in [0.15, 0.2) is 12.1 Å². The number of anilines is 1. The number of nitrogens with one attached hydrogen (secondary N) is 2. The van der Waals surface area contributed by atoms with Crippen molar-refractivity contribution in [2.45, 2.75) is 19.8 Å². The van der Waals surface area contributed by atoms with Gasteiger partial charge >= 0.3 is 6.03 Å². The summed E-state index contributed by atoms with van der Waals surface area (Å²) in [5, 5.41) is 6.37. The minimum atomic E-state index is -0.307. The predicted molar refractivity (Wildman–Crippen MR) is 73.4 cm³/mol. The van der Waals surface area contributed by atoms with Crippen LogP contribution in [0.2, 0.25) is 15.1 Å². The largest absolute Gasteiger partial charge is 0.338 e. The highest BCUT2D eigenvalue weighted by molar-refractivity contribution is 6.44. The van der Waals surface area contributed by atoms with Crippen LogP contribution in [-0.4, -0.2) is 12.6 Å². The van der Waals surface area contributed by atoms with E-state index in [2.05, 4.69) is 17.6 Å². The van der Waals surface area contributed by atoms with Gasteiger partial charge in [0.25, 0.3) is 0 Å². The normalized spacial score (nSPS) is 10.1. The van der Waals surface area contributed by atoms with Crippen LogP contribution in [0.1, 0.15) is 19.8 Å². The molecule has 0 aliphatic carbocycles. The Morgan fingerprint density at radius 2 is 1.82 bits per heavy atom. The molecule has 0 bridgehead atoms. The summed E-state index contributed by atoms with van der Waals surface area (Å²) < 4.78 is 0. The summed E-state index contributed by atoms with van der Waals surface area (Å²) in [4.78, 5) is 11.5. The fraction of sp³-hybridized carbons (Fsp3) is 0.364. The minimum absolute atomic E-state index is 0.307. The van der Waals surface area contributed by atoms with Gasteiger partial charge in [-0.1, -0.05) is 48.1 Å². The van der Waals surface area contributed by atoms with Crippen LogP contribution in [0.25, 0.3) is 0 Å². The van der Waals surface area contributed by atoms with E-state index in [-0.39, 0.29) is 6.03 Å². The van der Waals surface area contributed by atoms with Crippen molar-refractivity contribution in [2.75, 3.05) is 11.9 Å². The number of carbonyl (C=O) groups is 1. The molecule has 1 rings (SSSR count). The summed E-state index contributed by atoms with van der Waals surface area (Å²) in [7, 11) is 0. The van der Waals surface area contributed by atoms with E-state index < -0.39 is 0 Å². The van der Waals surface area contributed by atoms with E-state index in [9.17, 15) is 4.79 Å². The molecule has 1 aromatic rings. The lowest BCUT2D eigenvalue weighted by Gasteiger charge is -2.09. The third-order valence-corrected chi connectivity index (χ3v) is 3.11. The number of unbranched alkanes of at least 4 members (excludes halogenated alkanes) is 1. The minimum Gasteiger partial charge on any atom is -0.338 e. The summed E-state index contributed by atoms with van der Waals surface area (Å²) in [5.74, 6) is 0. The lowest BCUT2D eigenvalue weighted by Crippen LogP contribution is -2.29. The maximum atomic E-state index is 11.5. The number of benzene rings is 1. The third kappa shape index (κ3) is 4.62. The molecular weight excluding hydrogens is 282 g/mol. The first-order valence-corrected chi connectivity index (χ1v) is 6.37. The quantitative estimate of drug-likeness (QED) is 0.620. The molecule has 6 heteroatoms. The molecule has 0 aliphatic rings. The van der Waals surface area contributed by atoms with Gasteiger partial charge in [-0.15, -0.1) is 0 Å². The van der Waals surface area contributed by atoms with E-state index in [0.717, 1.165) is 12.8 Å². The molecule has 0 atom stereocenters. The first-order valence-electron chi connectivity index (χ1n) is 5.24. The van der Waals surface area contributed by atoms with Gasteiger partial charge in [0.15, 0.2) is 0 Å². The smallest absolute Gasteiger partial charge is 0.319 e. The van der Waals surface area contributed by atoms with Crippen molar-refractivity contribution in [2.24, 2.45) is 0 Å². The Labute approximate surface area is 115 Å². The summed E-state index contributed by atoms with van der Waals surface area (Å²) in [6.07, 6.45) is 1.95. The Hall–Kier alpha value is -0.640. The average molecular weight is 296 g/mol. The van der Waals surface area contributed by atoms with Gasteiger partial charge in [-0.05, 0) is 18.6 Å². The number of rotatable bonds is 4. The molecule has 3 nitrogen and oxygen atoms in total. The van der Waals surface area contributed by atoms with E-state index in [1.807, 2.05) is 0 Å². The standard InChI is InChI=1S/C11H13Cl3N2O/c1-2-3-4-15-11(17)16-10-6-8(13)7(12)5-9(10)14/h5-6H,2-4H2,1H3,(H2,15,16,17). The first kappa shape index (κ1) is 14.4. The number of amides is 2. The topological polar surface area (TPSA) is 41.1 Å². The predicted octanol–water partition coefficient (Wildman–Crippen LogP) is 4.57. The van der Waals surface area contributed by atoms with E-state index in [1.54, 1.807) is 0 Å². The van der Waals surface area contributed by atoms with Crippen molar-refractivity contribution >= 4 is 46.5 Å². The zero-order valence-electron chi connectivity index (χ0n) is 9.32. The van der Waals surface area contributed by atoms with E-state index in [0.29, 0.717) is 27.3 Å². The maximum absolute atomic E-state index is 11.5. The lowest BCUT2D eigenvalue weighted by atomic mass is 10.3. The molecule has 0 fully saturated rings. The SMILES string of the molecule is CCCCNC(=O)Nc1cc(Cl)c(Cl)cc1Cl. The third-order valence-electron chi connectivity index (χ3n) is 2.07. The van der Waals surface area contributed by atoms with Gasteiger partial charge in [-0.2, -0.15) is 0 Å². The van der Waals surface area contributed by atoms with Gasteiger partial charge in [0.2, 0.25) is 0 Å². The van der Waals surface area contributed by atoms with Gasteiger partial charge in [0, 0.05) is 6.54 Å². The highest BCUT2D eigenvalue weighted by atomic mass is 35.5. The molecule has 0 aliphatic heterocycles. The summed E-state index contributed by atoms with van der Waals surface area (Å²) >= 11 is 17.5. The lowest BCUT2D eigenvalue weighted by molar-refractivity contribution is 0.252. The fourth-order valence-corrected chi connectivity index (χ4v) is 1.76. The molecule has 0 spiro atoms. The summed E-state index contributed by atoms with van der Waals surface area (Å²) in [6, 6.07) is 2.71. The molecule has 2 amide bonds. The van der Waals surface area contributed by atoms with Crippen LogP contribution in [0.5, 0.6) is 0 Å². The Morgan fingerprint density at radius 1 is 1.18 bits per heavy atom. The zero-order chi connectivity index (χ0) is 12.8. The van der Waals surface area contributed by atoms with E-state index in [4.69, 9.17) is 34.8 Å². The van der Waals surface area contributed by atoms with Crippen LogP contribution in [-0.2, 0) is 0 Å². The van der Waals surface area contributed by atoms with Crippen LogP contribution in [0.3, 0.4) is 0 Å². The number of hydrogen-bond donors (Lipinski definition) is 2. The molecule has 1 aromatic carbocycles. The van der Waals surface area contributed by atoms with Gasteiger partial charge in [-0.3, -0.25) is 0 Å². The molecule has 0 radical (unpaired) electrons. The fourth-order valence-electron chi connectivity index (χ4n) is 1.16. The van der Waals surface area contributed by atoms with Gasteiger partial charge < -0.3 is 10.6 Å². The van der Waals surface area contributed by atoms with E-state index in [1.165, 1.54) is 12.1 Å². The highest BCUT2D eigenvalue weighted by Gasteiger charge is 2.08. The number of urea groups is 1. The van der Waals surface area contributed by atoms with Gasteiger partial charge in [0.05, 0.1) is 20.8 Å². The van der Waals surface area contributed by atoms with Crippen LogP contribution < -0.4 is 10.6 Å². The Morgan fingerprint density at radius 3 is 2.47 bits per heavy atom. The molecule has 0 aromatic heterocycles. The molecule has 0 unspecified atom stereocenters. The molecule has 17 heavy (non-hydrogen) atoms. The van der Waals surface area contributed by atoms with Crippen LogP contribution >= 0.6 is 34.8 Å². The van der Waals surface area contributed by atoms with Crippen molar-refractivity contribution in [3.05, 3.63) is 27.2 Å². The zero-order valence-corrected chi connectivity index (χ0v) is 11.6. The molecule has 2 N–H and O–H groups in total. The first-order chi connectivity index (χ1) is 8.04. The average Bonchev–Trinajstić information content (AvgIpc) is 2.26. The number of carbonyl (C=O) groups excluding carboxylic acids is 1. The Kier molecular flexibility index (Phi) is 5.89. The van der Waals surface area contributed by atoms with Gasteiger partial charge in [0.1, 0.15) is 0 Å². The summed E-state index contributed by atoms with van der Waals surface area (Å²) in [5.41, 5.74) is 0.440. The van der Waals surface area contributed by atoms with Crippen molar-refractivity contribution in [3.63, 3.8) is 0 Å². The second-order valence-corrected chi connectivity index (χ2v) is 4.70. The monoisotopic (exact) mass is 294 g/mol. The molecule has 0 heterocycles. The Bertz CT molecular complexity index is 410. The molecular formula is C11H13Cl3N2O. The van der Waals surface area contributed by atoms with Crippen LogP contribution in [0.4, 0.5) is 10.5 Å². The van der Waals surface area contributed by atoms with E-state index >= 15 is 0 Å². The highest BCUT2D eigenvalue weighted by Crippen LogP contribution is 2.32. The second-order valence-electron chi connectivity index (χ2n) is 3.48. The Balaban J connectivity index is 2.62. The molecule has 0 saturated carbocycles. The number of halogens is 3.